The van der Waals surface area contributed by atoms with Gasteiger partial charge in [-0.25, -0.2) is 4.99 Å². The molecule has 0 unspecified atom stereocenters. The van der Waals surface area contributed by atoms with E-state index in [4.69, 9.17) is 9.73 Å². The van der Waals surface area contributed by atoms with Crippen LogP contribution in [0.4, 0.5) is 0 Å². The highest BCUT2D eigenvalue weighted by Gasteiger charge is 2.53. The summed E-state index contributed by atoms with van der Waals surface area (Å²) in [6.45, 7) is 17.1. The van der Waals surface area contributed by atoms with Crippen molar-refractivity contribution in [2.24, 2.45) is 17.5 Å². The number of aliphatic imine (C=N–C) groups is 1. The van der Waals surface area contributed by atoms with Crippen LogP contribution >= 0.6 is 0 Å². The van der Waals surface area contributed by atoms with E-state index in [0.29, 0.717) is 6.54 Å². The van der Waals surface area contributed by atoms with Crippen LogP contribution in [-0.4, -0.2) is 57.5 Å². The summed E-state index contributed by atoms with van der Waals surface area (Å²) in [6.07, 6.45) is 0.966. The van der Waals surface area contributed by atoms with Crippen molar-refractivity contribution in [2.45, 2.75) is 60.0 Å². The van der Waals surface area contributed by atoms with Crippen molar-refractivity contribution in [3.05, 3.63) is 11.6 Å². The predicted octanol–water partition coefficient (Wildman–Crippen LogP) is 2.12. The first-order valence-corrected chi connectivity index (χ1v) is 9.19. The molecule has 0 radical (unpaired) electrons. The fourth-order valence-corrected chi connectivity index (χ4v) is 2.89. The van der Waals surface area contributed by atoms with E-state index in [-0.39, 0.29) is 11.0 Å². The minimum Gasteiger partial charge on any atom is -0.382 e. The van der Waals surface area contributed by atoms with Crippen LogP contribution in [0.15, 0.2) is 4.99 Å². The van der Waals surface area contributed by atoms with Crippen molar-refractivity contribution in [3.8, 4) is 0 Å². The molecule has 0 aliphatic carbocycles. The van der Waals surface area contributed by atoms with Crippen molar-refractivity contribution in [2.75, 3.05) is 26.3 Å². The Morgan fingerprint density at radius 3 is 2.52 bits per heavy atom. The lowest BCUT2D eigenvalue weighted by atomic mass is 9.65. The number of aryl methyl sites for hydroxylation is 1. The highest BCUT2D eigenvalue weighted by Crippen LogP contribution is 2.46. The lowest BCUT2D eigenvalue weighted by Crippen LogP contribution is -2.72. The Labute approximate surface area is 151 Å². The van der Waals surface area contributed by atoms with Crippen molar-refractivity contribution < 1.29 is 4.74 Å². The molecule has 1 aliphatic heterocycles. The smallest absolute Gasteiger partial charge is 0.194 e. The average Bonchev–Trinajstić information content (AvgIpc) is 2.87. The van der Waals surface area contributed by atoms with Crippen LogP contribution in [0.5, 0.6) is 0 Å². The molecule has 0 bridgehead atoms. The third-order valence-corrected chi connectivity index (χ3v) is 5.65. The topological polar surface area (TPSA) is 67.6 Å². The fourth-order valence-electron chi connectivity index (χ4n) is 2.89. The zero-order valence-electron chi connectivity index (χ0n) is 16.9. The predicted molar refractivity (Wildman–Crippen MR) is 101 cm³/mol. The van der Waals surface area contributed by atoms with E-state index in [1.807, 2.05) is 25.5 Å². The van der Waals surface area contributed by atoms with Gasteiger partial charge in [0.05, 0.1) is 0 Å². The van der Waals surface area contributed by atoms with E-state index in [9.17, 15) is 0 Å². The number of rotatable bonds is 7. The summed E-state index contributed by atoms with van der Waals surface area (Å²) in [4.78, 5) is 7.19. The van der Waals surface area contributed by atoms with Crippen molar-refractivity contribution in [1.82, 2.24) is 25.0 Å². The number of aromatic nitrogens is 3. The van der Waals surface area contributed by atoms with Gasteiger partial charge in [-0.3, -0.25) is 0 Å². The fraction of sp³-hybridized carbons (Fsp3) is 0.833. The third-order valence-electron chi connectivity index (χ3n) is 5.65. The highest BCUT2D eigenvalue weighted by atomic mass is 16.5. The van der Waals surface area contributed by atoms with Gasteiger partial charge in [0.2, 0.25) is 0 Å². The summed E-state index contributed by atoms with van der Waals surface area (Å²) in [5.74, 6) is 2.73. The molecule has 1 aromatic rings. The van der Waals surface area contributed by atoms with Crippen molar-refractivity contribution in [3.63, 3.8) is 0 Å². The SMILES string of the molecule is CCOCCCNC(=NCc1nnc(C)n1C)N1CC(C)(C)C1(C)C. The first-order valence-electron chi connectivity index (χ1n) is 9.19. The van der Waals surface area contributed by atoms with Gasteiger partial charge in [-0.1, -0.05) is 13.8 Å². The van der Waals surface area contributed by atoms with Gasteiger partial charge in [0.25, 0.3) is 0 Å². The molecular formula is C18H34N6O. The molecular weight excluding hydrogens is 316 g/mol. The number of nitrogens with one attached hydrogen (secondary N) is 1. The van der Waals surface area contributed by atoms with E-state index < -0.39 is 0 Å². The zero-order valence-corrected chi connectivity index (χ0v) is 16.9. The molecule has 0 aromatic carbocycles. The van der Waals surface area contributed by atoms with Crippen LogP contribution in [0.3, 0.4) is 0 Å². The van der Waals surface area contributed by atoms with E-state index >= 15 is 0 Å². The van der Waals surface area contributed by atoms with E-state index in [0.717, 1.165) is 50.3 Å². The van der Waals surface area contributed by atoms with E-state index in [1.54, 1.807) is 0 Å². The molecule has 2 heterocycles. The lowest BCUT2D eigenvalue weighted by molar-refractivity contribution is -0.0669. The molecule has 1 saturated heterocycles. The van der Waals surface area contributed by atoms with Crippen LogP contribution in [0.2, 0.25) is 0 Å². The summed E-state index contributed by atoms with van der Waals surface area (Å²) >= 11 is 0. The van der Waals surface area contributed by atoms with Crippen molar-refractivity contribution >= 4 is 5.96 Å². The van der Waals surface area contributed by atoms with Gasteiger partial charge in [-0.2, -0.15) is 0 Å². The van der Waals surface area contributed by atoms with Crippen molar-refractivity contribution in [1.29, 1.82) is 0 Å². The molecule has 0 atom stereocenters. The average molecular weight is 351 g/mol. The van der Waals surface area contributed by atoms with Crippen LogP contribution < -0.4 is 5.32 Å². The van der Waals surface area contributed by atoms with Crippen LogP contribution in [-0.2, 0) is 18.3 Å². The molecule has 7 nitrogen and oxygen atoms in total. The highest BCUT2D eigenvalue weighted by molar-refractivity contribution is 5.82. The molecule has 142 valence electrons. The zero-order chi connectivity index (χ0) is 18.7. The van der Waals surface area contributed by atoms with E-state index in [1.165, 1.54) is 0 Å². The summed E-state index contributed by atoms with van der Waals surface area (Å²) in [5, 5.41) is 11.8. The molecule has 1 N–H and O–H groups in total. The largest absolute Gasteiger partial charge is 0.382 e. The van der Waals surface area contributed by atoms with E-state index in [2.05, 4.69) is 48.1 Å². The molecule has 25 heavy (non-hydrogen) atoms. The second kappa shape index (κ2) is 7.72. The Hall–Kier alpha value is -1.63. The molecule has 1 aliphatic rings. The Morgan fingerprint density at radius 1 is 1.28 bits per heavy atom. The summed E-state index contributed by atoms with van der Waals surface area (Å²) in [5.41, 5.74) is 0.330. The standard InChI is InChI=1S/C18H34N6O/c1-8-25-11-9-10-19-16(24-13-17(3,4)18(24,5)6)20-12-15-22-21-14(2)23(15)7/h8-13H2,1-7H3,(H,19,20). The monoisotopic (exact) mass is 350 g/mol. The molecule has 0 amide bonds. The van der Waals surface area contributed by atoms with Crippen LogP contribution in [0, 0.1) is 12.3 Å². The van der Waals surface area contributed by atoms with Gasteiger partial charge >= 0.3 is 0 Å². The maximum Gasteiger partial charge on any atom is 0.194 e. The molecule has 1 aromatic heterocycles. The quantitative estimate of drug-likeness (QED) is 0.463. The third kappa shape index (κ3) is 4.14. The maximum absolute atomic E-state index is 5.42. The number of hydrogen-bond acceptors (Lipinski definition) is 4. The van der Waals surface area contributed by atoms with Gasteiger partial charge in [-0.15, -0.1) is 10.2 Å². The van der Waals surface area contributed by atoms with Gasteiger partial charge in [0, 0.05) is 44.3 Å². The minimum atomic E-state index is 0.0640. The normalized spacial score (nSPS) is 19.0. The molecule has 1 fully saturated rings. The summed E-state index contributed by atoms with van der Waals surface area (Å²) in [6, 6.07) is 0. The number of hydrogen-bond donors (Lipinski definition) is 1. The summed E-state index contributed by atoms with van der Waals surface area (Å²) < 4.78 is 7.41. The first kappa shape index (κ1) is 19.7. The maximum atomic E-state index is 5.42. The summed E-state index contributed by atoms with van der Waals surface area (Å²) in [7, 11) is 1.98. The van der Waals surface area contributed by atoms with Gasteiger partial charge < -0.3 is 19.5 Å². The van der Waals surface area contributed by atoms with Crippen LogP contribution in [0.1, 0.15) is 52.7 Å². The van der Waals surface area contributed by atoms with Crippen LogP contribution in [0.25, 0.3) is 0 Å². The first-order chi connectivity index (χ1) is 11.7. The molecule has 0 saturated carbocycles. The number of guanidine groups is 1. The van der Waals surface area contributed by atoms with Gasteiger partial charge in [0.15, 0.2) is 11.8 Å². The lowest BCUT2D eigenvalue weighted by Gasteiger charge is -2.62. The molecule has 2 rings (SSSR count). The number of likely N-dealkylation sites (tertiary alicyclic amines) is 1. The van der Waals surface area contributed by atoms with Gasteiger partial charge in [0.1, 0.15) is 12.4 Å². The number of ether oxygens (including phenoxy) is 1. The minimum absolute atomic E-state index is 0.0640. The molecule has 0 spiro atoms. The Morgan fingerprint density at radius 2 is 2.00 bits per heavy atom. The van der Waals surface area contributed by atoms with Gasteiger partial charge in [-0.05, 0) is 34.1 Å². The Balaban J connectivity index is 2.06. The molecule has 7 heteroatoms. The number of nitrogens with zero attached hydrogens (tertiary/aromatic N) is 5. The Kier molecular flexibility index (Phi) is 6.08. The second-order valence-electron chi connectivity index (χ2n) is 7.87. The second-order valence-corrected chi connectivity index (χ2v) is 7.87. The Bertz CT molecular complexity index is 605.